The fraction of sp³-hybridized carbons (Fsp3) is 0.158. The largest absolute Gasteiger partial charge is 0.334 e. The monoisotopic (exact) mass is 330 g/mol. The summed E-state index contributed by atoms with van der Waals surface area (Å²) in [7, 11) is 1.98. The van der Waals surface area contributed by atoms with Crippen LogP contribution < -0.4 is 0 Å². The van der Waals surface area contributed by atoms with Gasteiger partial charge in [-0.1, -0.05) is 30.3 Å². The Morgan fingerprint density at radius 3 is 2.56 bits per heavy atom. The average Bonchev–Trinajstić information content (AvgIpc) is 3.22. The first-order valence-corrected chi connectivity index (χ1v) is 8.07. The molecular formula is C19H18N6. The smallest absolute Gasteiger partial charge is 0.177 e. The summed E-state index contributed by atoms with van der Waals surface area (Å²) in [6, 6.07) is 10.1. The third-order valence-corrected chi connectivity index (χ3v) is 4.09. The van der Waals surface area contributed by atoms with E-state index in [1.54, 1.807) is 6.20 Å². The minimum atomic E-state index is 0.642. The highest BCUT2D eigenvalue weighted by Gasteiger charge is 2.08. The van der Waals surface area contributed by atoms with Gasteiger partial charge in [0.05, 0.1) is 17.1 Å². The van der Waals surface area contributed by atoms with E-state index in [1.165, 1.54) is 0 Å². The lowest BCUT2D eigenvalue weighted by atomic mass is 10.2. The van der Waals surface area contributed by atoms with Crippen LogP contribution in [0.5, 0.6) is 0 Å². The van der Waals surface area contributed by atoms with Gasteiger partial charge >= 0.3 is 0 Å². The zero-order valence-electron chi connectivity index (χ0n) is 14.4. The van der Waals surface area contributed by atoms with Crippen molar-refractivity contribution in [2.75, 3.05) is 0 Å². The first kappa shape index (κ1) is 15.3. The SMILES string of the molecule is Cc1ncc(C)n2nc(/C=C/c3nc(-c4ccccc4)cn3C)nc12. The number of aromatic nitrogens is 6. The number of rotatable bonds is 3. The molecule has 4 rings (SSSR count). The molecule has 25 heavy (non-hydrogen) atoms. The summed E-state index contributed by atoms with van der Waals surface area (Å²) in [5, 5.41) is 4.52. The predicted molar refractivity (Wildman–Crippen MR) is 97.8 cm³/mol. The van der Waals surface area contributed by atoms with E-state index in [-0.39, 0.29) is 0 Å². The summed E-state index contributed by atoms with van der Waals surface area (Å²) in [5.74, 6) is 1.49. The second kappa shape index (κ2) is 5.98. The summed E-state index contributed by atoms with van der Waals surface area (Å²) < 4.78 is 3.81. The lowest BCUT2D eigenvalue weighted by Gasteiger charge is -1.97. The molecule has 4 aromatic rings. The Balaban J connectivity index is 1.68. The molecule has 3 aromatic heterocycles. The number of imidazole rings is 1. The molecule has 0 spiro atoms. The first-order chi connectivity index (χ1) is 12.1. The highest BCUT2D eigenvalue weighted by atomic mass is 15.3. The van der Waals surface area contributed by atoms with E-state index in [2.05, 4.69) is 32.2 Å². The molecule has 6 nitrogen and oxygen atoms in total. The van der Waals surface area contributed by atoms with Crippen molar-refractivity contribution in [3.63, 3.8) is 0 Å². The van der Waals surface area contributed by atoms with Crippen LogP contribution in [-0.2, 0) is 7.05 Å². The fourth-order valence-electron chi connectivity index (χ4n) is 2.71. The molecule has 0 radical (unpaired) electrons. The van der Waals surface area contributed by atoms with Crippen LogP contribution in [0.1, 0.15) is 23.0 Å². The summed E-state index contributed by atoms with van der Waals surface area (Å²) >= 11 is 0. The molecule has 1 aromatic carbocycles. The molecule has 0 saturated carbocycles. The highest BCUT2D eigenvalue weighted by molar-refractivity contribution is 5.67. The molecule has 6 heteroatoms. The molecule has 0 aliphatic rings. The van der Waals surface area contributed by atoms with E-state index in [4.69, 9.17) is 0 Å². The lowest BCUT2D eigenvalue weighted by Crippen LogP contribution is -1.97. The van der Waals surface area contributed by atoms with Crippen LogP contribution >= 0.6 is 0 Å². The molecule has 0 aliphatic carbocycles. The fourth-order valence-corrected chi connectivity index (χ4v) is 2.71. The maximum atomic E-state index is 4.69. The second-order valence-electron chi connectivity index (χ2n) is 5.99. The van der Waals surface area contributed by atoms with Crippen LogP contribution in [-0.4, -0.2) is 29.1 Å². The van der Waals surface area contributed by atoms with Crippen molar-refractivity contribution in [1.29, 1.82) is 0 Å². The summed E-state index contributed by atoms with van der Waals surface area (Å²) in [6.45, 7) is 3.90. The summed E-state index contributed by atoms with van der Waals surface area (Å²) in [6.07, 6.45) is 7.63. The molecule has 0 N–H and O–H groups in total. The number of benzene rings is 1. The van der Waals surface area contributed by atoms with Crippen LogP contribution in [0.3, 0.4) is 0 Å². The van der Waals surface area contributed by atoms with Crippen molar-refractivity contribution in [3.05, 3.63) is 65.8 Å². The van der Waals surface area contributed by atoms with Crippen molar-refractivity contribution in [3.8, 4) is 11.3 Å². The molecule has 0 saturated heterocycles. The van der Waals surface area contributed by atoms with Crippen molar-refractivity contribution < 1.29 is 0 Å². The van der Waals surface area contributed by atoms with E-state index in [0.717, 1.165) is 34.1 Å². The molecule has 0 aliphatic heterocycles. The maximum Gasteiger partial charge on any atom is 0.177 e. The number of aryl methyl sites for hydroxylation is 3. The van der Waals surface area contributed by atoms with E-state index in [1.807, 2.05) is 66.5 Å². The second-order valence-corrected chi connectivity index (χ2v) is 5.99. The molecule has 0 fully saturated rings. The third kappa shape index (κ3) is 2.82. The van der Waals surface area contributed by atoms with Gasteiger partial charge in [-0.15, -0.1) is 5.10 Å². The molecule has 0 atom stereocenters. The van der Waals surface area contributed by atoms with E-state index in [0.29, 0.717) is 5.82 Å². The zero-order chi connectivity index (χ0) is 17.4. The Morgan fingerprint density at radius 1 is 1.00 bits per heavy atom. The van der Waals surface area contributed by atoms with Crippen LogP contribution in [0.25, 0.3) is 29.1 Å². The van der Waals surface area contributed by atoms with Crippen LogP contribution in [0.15, 0.2) is 42.7 Å². The predicted octanol–water partition coefficient (Wildman–Crippen LogP) is 3.31. The molecule has 0 amide bonds. The Bertz CT molecular complexity index is 1030. The number of fused-ring (bicyclic) bond motifs is 1. The van der Waals surface area contributed by atoms with Gasteiger partial charge in [0.1, 0.15) is 5.82 Å². The minimum Gasteiger partial charge on any atom is -0.334 e. The molecule has 0 unspecified atom stereocenters. The van der Waals surface area contributed by atoms with Gasteiger partial charge in [0, 0.05) is 25.0 Å². The Hall–Kier alpha value is -3.28. The van der Waals surface area contributed by atoms with Gasteiger partial charge in [0.2, 0.25) is 0 Å². The minimum absolute atomic E-state index is 0.642. The number of hydrogen-bond acceptors (Lipinski definition) is 4. The van der Waals surface area contributed by atoms with Crippen molar-refractivity contribution in [2.45, 2.75) is 13.8 Å². The zero-order valence-corrected chi connectivity index (χ0v) is 14.4. The molecule has 124 valence electrons. The van der Waals surface area contributed by atoms with Gasteiger partial charge < -0.3 is 4.57 Å². The highest BCUT2D eigenvalue weighted by Crippen LogP contribution is 2.18. The van der Waals surface area contributed by atoms with E-state index in [9.17, 15) is 0 Å². The van der Waals surface area contributed by atoms with Gasteiger partial charge in [0.15, 0.2) is 11.5 Å². The van der Waals surface area contributed by atoms with Crippen LogP contribution in [0, 0.1) is 13.8 Å². The Kier molecular flexibility index (Phi) is 3.65. The van der Waals surface area contributed by atoms with Gasteiger partial charge in [-0.25, -0.2) is 14.5 Å². The van der Waals surface area contributed by atoms with Crippen molar-refractivity contribution in [1.82, 2.24) is 29.1 Å². The first-order valence-electron chi connectivity index (χ1n) is 8.07. The van der Waals surface area contributed by atoms with Crippen molar-refractivity contribution >= 4 is 17.8 Å². The number of nitrogens with zero attached hydrogens (tertiary/aromatic N) is 6. The average molecular weight is 330 g/mol. The van der Waals surface area contributed by atoms with E-state index < -0.39 is 0 Å². The summed E-state index contributed by atoms with van der Waals surface area (Å²) in [5.41, 5.74) is 4.64. The van der Waals surface area contributed by atoms with Crippen LogP contribution in [0.2, 0.25) is 0 Å². The topological polar surface area (TPSA) is 60.9 Å². The number of hydrogen-bond donors (Lipinski definition) is 0. The van der Waals surface area contributed by atoms with Gasteiger partial charge in [-0.2, -0.15) is 0 Å². The van der Waals surface area contributed by atoms with Crippen molar-refractivity contribution in [2.24, 2.45) is 7.05 Å². The quantitative estimate of drug-likeness (QED) is 0.578. The summed E-state index contributed by atoms with van der Waals surface area (Å²) in [4.78, 5) is 13.6. The molecule has 0 bridgehead atoms. The molecule has 3 heterocycles. The maximum absolute atomic E-state index is 4.69. The Morgan fingerprint density at radius 2 is 1.80 bits per heavy atom. The third-order valence-electron chi connectivity index (χ3n) is 4.09. The normalized spacial score (nSPS) is 11.6. The van der Waals surface area contributed by atoms with Crippen LogP contribution in [0.4, 0.5) is 0 Å². The van der Waals surface area contributed by atoms with E-state index >= 15 is 0 Å². The lowest BCUT2D eigenvalue weighted by molar-refractivity contribution is 0.883. The standard InChI is InChI=1S/C19H18N6/c1-13-11-20-14(2)19-22-17(23-25(13)19)9-10-18-21-16(12-24(18)3)15-7-5-4-6-8-15/h4-12H,1-3H3/b10-9+. The molecular weight excluding hydrogens is 312 g/mol. The van der Waals surface area contributed by atoms with Gasteiger partial charge in [0.25, 0.3) is 0 Å². The van der Waals surface area contributed by atoms with Gasteiger partial charge in [-0.3, -0.25) is 4.98 Å². The Labute approximate surface area is 145 Å². The van der Waals surface area contributed by atoms with Gasteiger partial charge in [-0.05, 0) is 26.0 Å².